The van der Waals surface area contributed by atoms with Gasteiger partial charge in [0.25, 0.3) is 0 Å². The molecule has 1 heterocycles. The molecule has 0 bridgehead atoms. The van der Waals surface area contributed by atoms with Crippen molar-refractivity contribution in [2.24, 2.45) is 0 Å². The summed E-state index contributed by atoms with van der Waals surface area (Å²) in [4.78, 5) is 0. The highest BCUT2D eigenvalue weighted by molar-refractivity contribution is 7.89. The van der Waals surface area contributed by atoms with E-state index >= 15 is 0 Å². The molecule has 1 aliphatic rings. The first-order valence-corrected chi connectivity index (χ1v) is 12.6. The molecule has 0 atom stereocenters. The molecule has 0 saturated carbocycles. The highest BCUT2D eigenvalue weighted by Gasteiger charge is 2.48. The van der Waals surface area contributed by atoms with Gasteiger partial charge in [-0.2, -0.15) is 0 Å². The predicted molar refractivity (Wildman–Crippen MR) is 129 cm³/mol. The van der Waals surface area contributed by atoms with Crippen molar-refractivity contribution < 1.29 is 0 Å². The molecule has 5 aromatic carbocycles. The van der Waals surface area contributed by atoms with Crippen molar-refractivity contribution in [3.8, 4) is 11.1 Å². The minimum atomic E-state index is -1.53. The fourth-order valence-corrected chi connectivity index (χ4v) is 8.92. The van der Waals surface area contributed by atoms with Crippen LogP contribution in [0, 0.1) is 0 Å². The van der Waals surface area contributed by atoms with Gasteiger partial charge in [-0.3, -0.25) is 0 Å². The Labute approximate surface area is 172 Å². The van der Waals surface area contributed by atoms with E-state index in [0.29, 0.717) is 0 Å². The molecule has 1 heteroatoms. The van der Waals surface area contributed by atoms with E-state index in [4.69, 9.17) is 0 Å². The molecule has 1 aliphatic heterocycles. The van der Waals surface area contributed by atoms with Crippen LogP contribution in [0.3, 0.4) is 0 Å². The molecule has 0 unspecified atom stereocenters. The molecule has 29 heavy (non-hydrogen) atoms. The first-order chi connectivity index (χ1) is 14.3. The smallest absolute Gasteiger partial charge is 0.0622 e. The molecule has 5 aromatic rings. The fourth-order valence-electron chi connectivity index (χ4n) is 5.12. The summed E-state index contributed by atoms with van der Waals surface area (Å²) in [7, 11) is -1.53. The predicted octanol–water partition coefficient (Wildman–Crippen LogP) is 6.77. The topological polar surface area (TPSA) is 0 Å². The number of fused-ring (bicyclic) bond motifs is 7. The van der Waals surface area contributed by atoms with Crippen LogP contribution in [-0.4, -0.2) is 6.66 Å². The Balaban J connectivity index is 1.74. The van der Waals surface area contributed by atoms with Crippen LogP contribution in [-0.2, 0) is 6.16 Å². The fraction of sp³-hybridized carbons (Fsp3) is 0.0714. The quantitative estimate of drug-likeness (QED) is 0.292. The average Bonchev–Trinajstić information content (AvgIpc) is 3.03. The second kappa shape index (κ2) is 6.28. The zero-order chi connectivity index (χ0) is 19.4. The minimum Gasteiger partial charge on any atom is -0.0622 e. The van der Waals surface area contributed by atoms with Crippen molar-refractivity contribution in [1.82, 2.24) is 0 Å². The third-order valence-corrected chi connectivity index (χ3v) is 10.3. The minimum absolute atomic E-state index is 1.12. The van der Waals surface area contributed by atoms with Gasteiger partial charge < -0.3 is 0 Å². The van der Waals surface area contributed by atoms with Gasteiger partial charge in [-0.1, -0.05) is 91.0 Å². The normalized spacial score (nSPS) is 14.1. The molecule has 0 spiro atoms. The second-order valence-electron chi connectivity index (χ2n) is 8.20. The van der Waals surface area contributed by atoms with Crippen LogP contribution in [0.25, 0.3) is 32.7 Å². The number of hydrogen-bond donors (Lipinski definition) is 0. The summed E-state index contributed by atoms with van der Waals surface area (Å²) in [6.07, 6.45) is 1.12. The van der Waals surface area contributed by atoms with Gasteiger partial charge in [-0.25, -0.2) is 0 Å². The molecule has 138 valence electrons. The van der Waals surface area contributed by atoms with E-state index in [1.54, 1.807) is 10.6 Å². The van der Waals surface area contributed by atoms with Crippen molar-refractivity contribution in [3.63, 3.8) is 0 Å². The summed E-state index contributed by atoms with van der Waals surface area (Å²) in [5.41, 5.74) is 4.38. The van der Waals surface area contributed by atoms with E-state index in [1.165, 1.54) is 38.2 Å². The second-order valence-corrected chi connectivity index (χ2v) is 11.9. The van der Waals surface area contributed by atoms with Crippen molar-refractivity contribution >= 4 is 39.4 Å². The van der Waals surface area contributed by atoms with Crippen LogP contribution < -0.4 is 10.6 Å². The monoisotopic (exact) mass is 389 g/mol. The van der Waals surface area contributed by atoms with Gasteiger partial charge in [0, 0.05) is 11.1 Å². The van der Waals surface area contributed by atoms with Gasteiger partial charge in [-0.05, 0) is 39.2 Å². The zero-order valence-corrected chi connectivity index (χ0v) is 17.4. The Morgan fingerprint density at radius 3 is 1.55 bits per heavy atom. The largest absolute Gasteiger partial charge is 0.108 e. The van der Waals surface area contributed by atoms with E-state index in [2.05, 4.69) is 110 Å². The first kappa shape index (κ1) is 17.0. The average molecular weight is 389 g/mol. The van der Waals surface area contributed by atoms with Gasteiger partial charge in [-0.15, -0.1) is 0 Å². The van der Waals surface area contributed by atoms with Gasteiger partial charge in [0.2, 0.25) is 0 Å². The number of hydrogen-bond acceptors (Lipinski definition) is 0. The van der Waals surface area contributed by atoms with Crippen LogP contribution in [0.4, 0.5) is 0 Å². The van der Waals surface area contributed by atoms with E-state index in [1.807, 2.05) is 0 Å². The summed E-state index contributed by atoms with van der Waals surface area (Å²) in [5, 5.41) is 8.56. The Bertz CT molecular complexity index is 1300. The molecule has 0 radical (unpaired) electrons. The molecule has 0 nitrogen and oxygen atoms in total. The molecule has 0 fully saturated rings. The lowest BCUT2D eigenvalue weighted by Gasteiger charge is -2.20. The van der Waals surface area contributed by atoms with Crippen LogP contribution >= 0.6 is 7.26 Å². The van der Waals surface area contributed by atoms with Crippen molar-refractivity contribution in [2.75, 3.05) is 6.66 Å². The lowest BCUT2D eigenvalue weighted by Crippen LogP contribution is -2.18. The van der Waals surface area contributed by atoms with Gasteiger partial charge in [0.05, 0.1) is 20.1 Å². The maximum Gasteiger partial charge on any atom is 0.108 e. The van der Waals surface area contributed by atoms with E-state index < -0.39 is 7.26 Å². The maximum atomic E-state index is 2.54. The van der Waals surface area contributed by atoms with Crippen molar-refractivity contribution in [1.29, 1.82) is 0 Å². The SMILES string of the molecule is C[P+]1(Cc2ccccc2)c2ccc3ccccc3c2-c2c1ccc1ccccc21. The Morgan fingerprint density at radius 1 is 0.517 bits per heavy atom. The van der Waals surface area contributed by atoms with E-state index in [9.17, 15) is 0 Å². The highest BCUT2D eigenvalue weighted by Crippen LogP contribution is 2.64. The van der Waals surface area contributed by atoms with Crippen LogP contribution in [0.5, 0.6) is 0 Å². The molecule has 0 saturated heterocycles. The van der Waals surface area contributed by atoms with Gasteiger partial charge in [0.1, 0.15) is 10.6 Å². The zero-order valence-electron chi connectivity index (χ0n) is 16.5. The lowest BCUT2D eigenvalue weighted by molar-refractivity contribution is 1.39. The summed E-state index contributed by atoms with van der Waals surface area (Å²) in [5.74, 6) is 0. The Morgan fingerprint density at radius 2 is 1.00 bits per heavy atom. The first-order valence-electron chi connectivity index (χ1n) is 10.2. The Hall–Kier alpha value is -2.95. The third kappa shape index (κ3) is 2.43. The van der Waals surface area contributed by atoms with Crippen molar-refractivity contribution in [3.05, 3.63) is 109 Å². The molecule has 0 aromatic heterocycles. The summed E-state index contributed by atoms with van der Waals surface area (Å²) < 4.78 is 0. The summed E-state index contributed by atoms with van der Waals surface area (Å²) in [6.45, 7) is 2.54. The van der Waals surface area contributed by atoms with Crippen LogP contribution in [0.15, 0.2) is 103 Å². The molecule has 0 amide bonds. The van der Waals surface area contributed by atoms with Gasteiger partial charge in [0.15, 0.2) is 0 Å². The standard InChI is InChI=1S/C28H22P/c1-29(19-20-9-3-2-4-10-20)25-17-15-21-11-5-7-13-23(21)27(25)28-24-14-8-6-12-22(24)16-18-26(28)29/h2-18H,19H2,1H3/q+1. The molecule has 0 N–H and O–H groups in total. The van der Waals surface area contributed by atoms with Crippen molar-refractivity contribution in [2.45, 2.75) is 6.16 Å². The van der Waals surface area contributed by atoms with E-state index in [-0.39, 0.29) is 0 Å². The van der Waals surface area contributed by atoms with Gasteiger partial charge >= 0.3 is 0 Å². The third-order valence-electron chi connectivity index (χ3n) is 6.47. The number of rotatable bonds is 2. The lowest BCUT2D eigenvalue weighted by atomic mass is 9.94. The number of benzene rings is 5. The van der Waals surface area contributed by atoms with Crippen LogP contribution in [0.1, 0.15) is 5.56 Å². The molecule has 0 aliphatic carbocycles. The Kier molecular flexibility index (Phi) is 3.67. The summed E-state index contributed by atoms with van der Waals surface area (Å²) >= 11 is 0. The highest BCUT2D eigenvalue weighted by atomic mass is 31.2. The van der Waals surface area contributed by atoms with E-state index in [0.717, 1.165) is 6.16 Å². The summed E-state index contributed by atoms with van der Waals surface area (Å²) in [6, 6.07) is 38.2. The maximum absolute atomic E-state index is 2.54. The van der Waals surface area contributed by atoms with Crippen LogP contribution in [0.2, 0.25) is 0 Å². The molecule has 6 rings (SSSR count). The molecular formula is C28H22P+. The molecular weight excluding hydrogens is 367 g/mol.